The molecule has 0 spiro atoms. The van der Waals surface area contributed by atoms with Crippen LogP contribution in [-0.4, -0.2) is 27.5 Å². The third kappa shape index (κ3) is 4.80. The summed E-state index contributed by atoms with van der Waals surface area (Å²) in [4.78, 5) is 17.8. The van der Waals surface area contributed by atoms with E-state index < -0.39 is 17.8 Å². The molecule has 0 aliphatic carbocycles. The molecule has 2 heterocycles. The minimum Gasteiger partial charge on any atom is -0.382 e. The number of carbonyl (C=O) groups is 1. The highest BCUT2D eigenvalue weighted by molar-refractivity contribution is 6.35. The van der Waals surface area contributed by atoms with Gasteiger partial charge in [0.2, 0.25) is 6.10 Å². The van der Waals surface area contributed by atoms with Gasteiger partial charge in [0.1, 0.15) is 10.8 Å². The van der Waals surface area contributed by atoms with Crippen LogP contribution in [0.5, 0.6) is 0 Å². The van der Waals surface area contributed by atoms with Gasteiger partial charge >= 0.3 is 0 Å². The van der Waals surface area contributed by atoms with Crippen LogP contribution in [0.3, 0.4) is 0 Å². The third-order valence-corrected chi connectivity index (χ3v) is 5.70. The Morgan fingerprint density at radius 2 is 1.97 bits per heavy atom. The summed E-state index contributed by atoms with van der Waals surface area (Å²) in [6, 6.07) is 9.40. The topological polar surface area (TPSA) is 68.5 Å². The van der Waals surface area contributed by atoms with Crippen molar-refractivity contribution in [3.05, 3.63) is 79.6 Å². The lowest BCUT2D eigenvalue weighted by atomic mass is 10.0. The summed E-state index contributed by atoms with van der Waals surface area (Å²) in [6.45, 7) is 0.324. The van der Waals surface area contributed by atoms with E-state index in [1.807, 2.05) is 0 Å². The fraction of sp³-hybridized carbons (Fsp3) is 0.150. The summed E-state index contributed by atoms with van der Waals surface area (Å²) in [5, 5.41) is 12.1. The van der Waals surface area contributed by atoms with Crippen LogP contribution < -0.4 is 5.32 Å². The molecule has 0 radical (unpaired) electrons. The van der Waals surface area contributed by atoms with E-state index in [0.29, 0.717) is 16.6 Å². The molecule has 1 aromatic heterocycles. The molecule has 0 saturated heterocycles. The Morgan fingerprint density at radius 3 is 2.71 bits per heavy atom. The van der Waals surface area contributed by atoms with E-state index >= 15 is 0 Å². The lowest BCUT2D eigenvalue weighted by molar-refractivity contribution is -0.125. The minimum absolute atomic E-state index is 0.0468. The molecule has 0 saturated carbocycles. The zero-order valence-corrected chi connectivity index (χ0v) is 18.6. The quantitative estimate of drug-likeness (QED) is 0.479. The van der Waals surface area contributed by atoms with Crippen molar-refractivity contribution in [2.24, 2.45) is 5.16 Å². The first kappa shape index (κ1) is 21.9. The summed E-state index contributed by atoms with van der Waals surface area (Å²) in [5.41, 5.74) is 1.14. The molecule has 2 aromatic carbocycles. The van der Waals surface area contributed by atoms with E-state index in [2.05, 4.69) is 15.6 Å². The Kier molecular flexibility index (Phi) is 6.39. The van der Waals surface area contributed by atoms with Crippen molar-refractivity contribution < 1.29 is 14.0 Å². The second-order valence-corrected chi connectivity index (χ2v) is 8.34. The molecule has 160 valence electrons. The van der Waals surface area contributed by atoms with Gasteiger partial charge in [0.05, 0.1) is 22.8 Å². The van der Waals surface area contributed by atoms with Crippen LogP contribution in [-0.2, 0) is 16.2 Å². The number of hydrogen-bond acceptors (Lipinski definition) is 4. The molecule has 1 atom stereocenters. The molecule has 1 N–H and O–H groups in total. The highest BCUT2D eigenvalue weighted by atomic mass is 35.5. The van der Waals surface area contributed by atoms with Crippen LogP contribution in [0.2, 0.25) is 20.1 Å². The predicted octanol–water partition coefficient (Wildman–Crippen LogP) is 5.82. The second kappa shape index (κ2) is 9.04. The fourth-order valence-corrected chi connectivity index (χ4v) is 3.96. The Bertz CT molecular complexity index is 1180. The van der Waals surface area contributed by atoms with E-state index in [9.17, 15) is 9.18 Å². The Labute approximate surface area is 196 Å². The smallest absolute Gasteiger partial charge is 0.269 e. The van der Waals surface area contributed by atoms with Crippen molar-refractivity contribution in [3.63, 3.8) is 0 Å². The van der Waals surface area contributed by atoms with E-state index in [0.717, 1.165) is 5.56 Å². The van der Waals surface area contributed by atoms with E-state index in [1.54, 1.807) is 24.4 Å². The number of nitrogens with one attached hydrogen (secondary N) is 1. The molecule has 0 bridgehead atoms. The molecular formula is C20H13Cl4FN4O2. The lowest BCUT2D eigenvalue weighted by Gasteiger charge is -2.08. The van der Waals surface area contributed by atoms with Gasteiger partial charge in [-0.2, -0.15) is 5.10 Å². The molecule has 1 amide bonds. The third-order valence-electron chi connectivity index (χ3n) is 4.52. The number of halogens is 5. The van der Waals surface area contributed by atoms with Crippen molar-refractivity contribution >= 4 is 63.8 Å². The standard InChI is InChI=1S/C20H13Cl4FN4O2/c21-11-5-4-10(13(23)6-11)8-29-9-14(24)19(27-29)26-20(30)17-7-16(28-31-17)18-12(22)2-1-3-15(18)25/h1-6,9,17H,7-8H2,(H,26,27,30). The van der Waals surface area contributed by atoms with Crippen LogP contribution in [0.4, 0.5) is 10.2 Å². The van der Waals surface area contributed by atoms with Gasteiger partial charge in [-0.3, -0.25) is 9.48 Å². The average molecular weight is 502 g/mol. The van der Waals surface area contributed by atoms with Gasteiger partial charge < -0.3 is 10.2 Å². The number of hydrogen-bond donors (Lipinski definition) is 1. The number of aromatic nitrogens is 2. The van der Waals surface area contributed by atoms with Crippen molar-refractivity contribution in [3.8, 4) is 0 Å². The van der Waals surface area contributed by atoms with Crippen molar-refractivity contribution in [1.29, 1.82) is 0 Å². The van der Waals surface area contributed by atoms with Gasteiger partial charge in [0.25, 0.3) is 5.91 Å². The van der Waals surface area contributed by atoms with E-state index in [-0.39, 0.29) is 33.6 Å². The molecule has 3 aromatic rings. The zero-order valence-electron chi connectivity index (χ0n) is 15.6. The minimum atomic E-state index is -0.974. The van der Waals surface area contributed by atoms with Gasteiger partial charge in [-0.1, -0.05) is 63.7 Å². The van der Waals surface area contributed by atoms with Crippen LogP contribution in [0.15, 0.2) is 47.8 Å². The molecule has 1 aliphatic rings. The monoisotopic (exact) mass is 500 g/mol. The van der Waals surface area contributed by atoms with E-state index in [1.165, 1.54) is 22.9 Å². The predicted molar refractivity (Wildman–Crippen MR) is 119 cm³/mol. The number of rotatable bonds is 5. The number of oxime groups is 1. The molecule has 31 heavy (non-hydrogen) atoms. The molecule has 1 unspecified atom stereocenters. The molecule has 1 aliphatic heterocycles. The summed E-state index contributed by atoms with van der Waals surface area (Å²) in [6.07, 6.45) is 0.627. The zero-order chi connectivity index (χ0) is 22.1. The number of carbonyl (C=O) groups excluding carboxylic acids is 1. The maximum atomic E-state index is 14.1. The van der Waals surface area contributed by atoms with E-state index in [4.69, 9.17) is 51.2 Å². The van der Waals surface area contributed by atoms with Crippen molar-refractivity contribution in [2.75, 3.05) is 5.32 Å². The van der Waals surface area contributed by atoms with Crippen molar-refractivity contribution in [2.45, 2.75) is 19.1 Å². The number of amides is 1. The summed E-state index contributed by atoms with van der Waals surface area (Å²) < 4.78 is 15.6. The molecule has 6 nitrogen and oxygen atoms in total. The van der Waals surface area contributed by atoms with Crippen molar-refractivity contribution in [1.82, 2.24) is 9.78 Å². The van der Waals surface area contributed by atoms with Gasteiger partial charge in [0.15, 0.2) is 5.82 Å². The van der Waals surface area contributed by atoms with Crippen LogP contribution in [0.25, 0.3) is 0 Å². The highest BCUT2D eigenvalue weighted by Gasteiger charge is 2.32. The van der Waals surface area contributed by atoms with Gasteiger partial charge in [-0.15, -0.1) is 0 Å². The van der Waals surface area contributed by atoms with Crippen LogP contribution in [0, 0.1) is 5.82 Å². The first-order valence-electron chi connectivity index (χ1n) is 8.96. The Morgan fingerprint density at radius 1 is 1.16 bits per heavy atom. The fourth-order valence-electron chi connectivity index (χ4n) is 3.02. The Hall–Kier alpha value is -2.32. The molecule has 0 fully saturated rings. The van der Waals surface area contributed by atoms with Gasteiger partial charge in [-0.05, 0) is 29.8 Å². The highest BCUT2D eigenvalue weighted by Crippen LogP contribution is 2.27. The largest absolute Gasteiger partial charge is 0.382 e. The molecule has 11 heteroatoms. The average Bonchev–Trinajstić information content (AvgIpc) is 3.31. The first-order chi connectivity index (χ1) is 14.8. The lowest BCUT2D eigenvalue weighted by Crippen LogP contribution is -2.28. The second-order valence-electron chi connectivity index (χ2n) is 6.68. The first-order valence-corrected chi connectivity index (χ1v) is 10.5. The maximum absolute atomic E-state index is 14.1. The molecule has 4 rings (SSSR count). The van der Waals surface area contributed by atoms with Gasteiger partial charge in [0, 0.05) is 22.7 Å². The SMILES string of the molecule is O=C(Nc1nn(Cc2ccc(Cl)cc2Cl)cc1Cl)C1CC(c2c(F)cccc2Cl)=NO1. The normalized spacial score (nSPS) is 15.5. The summed E-state index contributed by atoms with van der Waals surface area (Å²) in [5.74, 6) is -0.917. The summed E-state index contributed by atoms with van der Waals surface area (Å²) >= 11 is 24.4. The summed E-state index contributed by atoms with van der Waals surface area (Å²) in [7, 11) is 0. The van der Waals surface area contributed by atoms with Gasteiger partial charge in [-0.25, -0.2) is 4.39 Å². The number of anilines is 1. The molecular weight excluding hydrogens is 489 g/mol. The Balaban J connectivity index is 1.43. The number of benzene rings is 2. The maximum Gasteiger partial charge on any atom is 0.269 e. The van der Waals surface area contributed by atoms with Crippen LogP contribution >= 0.6 is 46.4 Å². The number of nitrogens with zero attached hydrogens (tertiary/aromatic N) is 3. The van der Waals surface area contributed by atoms with Crippen LogP contribution in [0.1, 0.15) is 17.5 Å².